The fourth-order valence-electron chi connectivity index (χ4n) is 1.88. The maximum Gasteiger partial charge on any atom is 0.222 e. The summed E-state index contributed by atoms with van der Waals surface area (Å²) < 4.78 is 0. The Bertz CT molecular complexity index is 602. The molecular formula is C14H16Cl2N4O. The number of rotatable bonds is 6. The predicted octanol–water partition coefficient (Wildman–Crippen LogP) is 2.75. The third kappa shape index (κ3) is 4.46. The topological polar surface area (TPSA) is 84.1 Å². The lowest BCUT2D eigenvalue weighted by Crippen LogP contribution is -2.09. The van der Waals surface area contributed by atoms with Gasteiger partial charge >= 0.3 is 0 Å². The minimum atomic E-state index is 0.121. The van der Waals surface area contributed by atoms with Crippen LogP contribution >= 0.6 is 23.2 Å². The second kappa shape index (κ2) is 7.45. The standard InChI is InChI=1S/C14H16Cl2N4O/c15-11-3-1-4-12(16)10(11)7-9-8-13(18-5-2-6-21)20-14(17)19-9/h1,3-4,8,21H,2,5-7H2,(H3,17,18,19,20). The van der Waals surface area contributed by atoms with E-state index < -0.39 is 0 Å². The molecule has 2 aromatic rings. The van der Waals surface area contributed by atoms with Gasteiger partial charge in [0, 0.05) is 35.7 Å². The zero-order chi connectivity index (χ0) is 15.2. The zero-order valence-electron chi connectivity index (χ0n) is 11.3. The van der Waals surface area contributed by atoms with E-state index in [9.17, 15) is 0 Å². The van der Waals surface area contributed by atoms with Crippen LogP contribution in [-0.4, -0.2) is 28.2 Å². The number of benzene rings is 1. The number of halogens is 2. The molecule has 1 aromatic carbocycles. The first-order valence-corrected chi connectivity index (χ1v) is 7.27. The molecule has 0 unspecified atom stereocenters. The molecule has 112 valence electrons. The molecular weight excluding hydrogens is 311 g/mol. The van der Waals surface area contributed by atoms with Gasteiger partial charge in [-0.05, 0) is 24.1 Å². The SMILES string of the molecule is Nc1nc(Cc2c(Cl)cccc2Cl)cc(NCCCO)n1. The molecule has 7 heteroatoms. The molecule has 0 saturated carbocycles. The van der Waals surface area contributed by atoms with Crippen molar-refractivity contribution in [3.63, 3.8) is 0 Å². The summed E-state index contributed by atoms with van der Waals surface area (Å²) in [7, 11) is 0. The van der Waals surface area contributed by atoms with Gasteiger partial charge in [0.1, 0.15) is 5.82 Å². The van der Waals surface area contributed by atoms with Gasteiger partial charge in [-0.25, -0.2) is 4.98 Å². The molecule has 0 spiro atoms. The number of aliphatic hydroxyl groups is 1. The molecule has 1 aromatic heterocycles. The van der Waals surface area contributed by atoms with Crippen molar-refractivity contribution in [2.75, 3.05) is 24.2 Å². The van der Waals surface area contributed by atoms with Crippen LogP contribution in [0.1, 0.15) is 17.7 Å². The van der Waals surface area contributed by atoms with Crippen LogP contribution in [0.15, 0.2) is 24.3 Å². The maximum absolute atomic E-state index is 8.78. The number of anilines is 2. The Hall–Kier alpha value is -1.56. The van der Waals surface area contributed by atoms with E-state index in [0.717, 1.165) is 11.3 Å². The van der Waals surface area contributed by atoms with Crippen molar-refractivity contribution in [1.82, 2.24) is 9.97 Å². The van der Waals surface area contributed by atoms with E-state index in [0.29, 0.717) is 35.2 Å². The molecule has 1 heterocycles. The third-order valence-corrected chi connectivity index (χ3v) is 3.57. The smallest absolute Gasteiger partial charge is 0.222 e. The van der Waals surface area contributed by atoms with Crippen molar-refractivity contribution in [2.45, 2.75) is 12.8 Å². The van der Waals surface area contributed by atoms with E-state index in [-0.39, 0.29) is 12.6 Å². The summed E-state index contributed by atoms with van der Waals surface area (Å²) in [6, 6.07) is 7.17. The van der Waals surface area contributed by atoms with Crippen LogP contribution in [0.25, 0.3) is 0 Å². The number of nitrogens with one attached hydrogen (secondary N) is 1. The lowest BCUT2D eigenvalue weighted by molar-refractivity contribution is 0.292. The molecule has 21 heavy (non-hydrogen) atoms. The first-order valence-electron chi connectivity index (χ1n) is 6.51. The van der Waals surface area contributed by atoms with Gasteiger partial charge < -0.3 is 16.2 Å². The van der Waals surface area contributed by atoms with Gasteiger partial charge in [0.15, 0.2) is 0 Å². The van der Waals surface area contributed by atoms with Crippen molar-refractivity contribution in [2.24, 2.45) is 0 Å². The zero-order valence-corrected chi connectivity index (χ0v) is 12.8. The summed E-state index contributed by atoms with van der Waals surface area (Å²) in [5.41, 5.74) is 7.25. The summed E-state index contributed by atoms with van der Waals surface area (Å²) in [5.74, 6) is 0.802. The fraction of sp³-hybridized carbons (Fsp3) is 0.286. The molecule has 2 rings (SSSR count). The van der Waals surface area contributed by atoms with Crippen LogP contribution in [-0.2, 0) is 6.42 Å². The van der Waals surface area contributed by atoms with Crippen molar-refractivity contribution < 1.29 is 5.11 Å². The average molecular weight is 327 g/mol. The van der Waals surface area contributed by atoms with Gasteiger partial charge in [-0.3, -0.25) is 0 Å². The van der Waals surface area contributed by atoms with E-state index in [4.69, 9.17) is 34.0 Å². The summed E-state index contributed by atoms with van der Waals surface area (Å²) in [5, 5.41) is 13.1. The molecule has 0 aliphatic heterocycles. The highest BCUT2D eigenvalue weighted by Crippen LogP contribution is 2.26. The molecule has 0 amide bonds. The van der Waals surface area contributed by atoms with Crippen molar-refractivity contribution >= 4 is 35.0 Å². The number of hydrogen-bond donors (Lipinski definition) is 3. The molecule has 0 atom stereocenters. The predicted molar refractivity (Wildman–Crippen MR) is 85.9 cm³/mol. The number of nitrogens with zero attached hydrogens (tertiary/aromatic N) is 2. The van der Waals surface area contributed by atoms with Gasteiger partial charge in [0.05, 0.1) is 5.69 Å². The highest BCUT2D eigenvalue weighted by Gasteiger charge is 2.09. The van der Waals surface area contributed by atoms with Crippen LogP contribution in [0, 0.1) is 0 Å². The van der Waals surface area contributed by atoms with Gasteiger partial charge in [-0.1, -0.05) is 29.3 Å². The fourth-order valence-corrected chi connectivity index (χ4v) is 2.41. The number of aromatic nitrogens is 2. The maximum atomic E-state index is 8.78. The van der Waals surface area contributed by atoms with Crippen LogP contribution in [0.2, 0.25) is 10.0 Å². The Balaban J connectivity index is 2.20. The van der Waals surface area contributed by atoms with Crippen LogP contribution < -0.4 is 11.1 Å². The summed E-state index contributed by atoms with van der Waals surface area (Å²) >= 11 is 12.3. The van der Waals surface area contributed by atoms with Crippen LogP contribution in [0.5, 0.6) is 0 Å². The highest BCUT2D eigenvalue weighted by molar-refractivity contribution is 6.36. The molecule has 5 nitrogen and oxygen atoms in total. The number of nitrogens with two attached hydrogens (primary N) is 1. The van der Waals surface area contributed by atoms with E-state index in [1.807, 2.05) is 0 Å². The minimum absolute atomic E-state index is 0.121. The monoisotopic (exact) mass is 326 g/mol. The Labute approximate surface area is 133 Å². The summed E-state index contributed by atoms with van der Waals surface area (Å²) in [4.78, 5) is 8.30. The quantitative estimate of drug-likeness (QED) is 0.711. The van der Waals surface area contributed by atoms with Gasteiger partial charge in [0.25, 0.3) is 0 Å². The second-order valence-electron chi connectivity index (χ2n) is 4.48. The minimum Gasteiger partial charge on any atom is -0.396 e. The van der Waals surface area contributed by atoms with Crippen molar-refractivity contribution in [1.29, 1.82) is 0 Å². The van der Waals surface area contributed by atoms with Crippen molar-refractivity contribution in [3.05, 3.63) is 45.6 Å². The Morgan fingerprint density at radius 2 is 1.90 bits per heavy atom. The first-order chi connectivity index (χ1) is 10.1. The van der Waals surface area contributed by atoms with Crippen molar-refractivity contribution in [3.8, 4) is 0 Å². The Kier molecular flexibility index (Phi) is 5.61. The van der Waals surface area contributed by atoms with E-state index in [2.05, 4.69) is 15.3 Å². The van der Waals surface area contributed by atoms with E-state index >= 15 is 0 Å². The van der Waals surface area contributed by atoms with Gasteiger partial charge in [-0.2, -0.15) is 4.98 Å². The Morgan fingerprint density at radius 3 is 2.57 bits per heavy atom. The summed E-state index contributed by atoms with van der Waals surface area (Å²) in [6.07, 6.45) is 1.11. The lowest BCUT2D eigenvalue weighted by Gasteiger charge is -2.10. The summed E-state index contributed by atoms with van der Waals surface area (Å²) in [6.45, 7) is 0.731. The number of aliphatic hydroxyl groups excluding tert-OH is 1. The lowest BCUT2D eigenvalue weighted by atomic mass is 10.1. The Morgan fingerprint density at radius 1 is 1.19 bits per heavy atom. The number of nitrogen functional groups attached to an aromatic ring is 1. The third-order valence-electron chi connectivity index (χ3n) is 2.86. The van der Waals surface area contributed by atoms with E-state index in [1.54, 1.807) is 24.3 Å². The van der Waals surface area contributed by atoms with Crippen LogP contribution in [0.4, 0.5) is 11.8 Å². The largest absolute Gasteiger partial charge is 0.396 e. The first kappa shape index (κ1) is 15.8. The molecule has 0 aliphatic rings. The molecule has 0 saturated heterocycles. The second-order valence-corrected chi connectivity index (χ2v) is 5.30. The molecule has 0 aliphatic carbocycles. The van der Waals surface area contributed by atoms with Gasteiger partial charge in [0.2, 0.25) is 5.95 Å². The molecule has 0 fully saturated rings. The number of hydrogen-bond acceptors (Lipinski definition) is 5. The molecule has 4 N–H and O–H groups in total. The average Bonchev–Trinajstić information content (AvgIpc) is 2.43. The van der Waals surface area contributed by atoms with Crippen LogP contribution in [0.3, 0.4) is 0 Å². The normalized spacial score (nSPS) is 10.6. The van der Waals surface area contributed by atoms with Gasteiger partial charge in [-0.15, -0.1) is 0 Å². The molecule has 0 bridgehead atoms. The highest BCUT2D eigenvalue weighted by atomic mass is 35.5. The van der Waals surface area contributed by atoms with E-state index in [1.165, 1.54) is 0 Å². The molecule has 0 radical (unpaired) electrons.